The Kier molecular flexibility index (Phi) is 5.54. The molecule has 2 aromatic rings. The van der Waals surface area contributed by atoms with E-state index in [9.17, 15) is 18.0 Å². The van der Waals surface area contributed by atoms with Crippen molar-refractivity contribution < 1.29 is 22.7 Å². The van der Waals surface area contributed by atoms with Crippen LogP contribution < -0.4 is 11.1 Å². The number of alkyl halides is 3. The molecule has 1 aliphatic rings. The molecular formula is C17H19F3IN3O2. The highest BCUT2D eigenvalue weighted by atomic mass is 127. The summed E-state index contributed by atoms with van der Waals surface area (Å²) in [5, 5.41) is 4.21. The van der Waals surface area contributed by atoms with E-state index in [-0.39, 0.29) is 12.1 Å². The van der Waals surface area contributed by atoms with E-state index < -0.39 is 18.8 Å². The smallest absolute Gasteiger partial charge is 0.406 e. The summed E-state index contributed by atoms with van der Waals surface area (Å²) in [6.07, 6.45) is -2.16. The number of nitrogens with zero attached hydrogens (tertiary/aromatic N) is 1. The Morgan fingerprint density at radius 3 is 2.62 bits per heavy atom. The highest BCUT2D eigenvalue weighted by molar-refractivity contribution is 14.1. The third-order valence-corrected chi connectivity index (χ3v) is 5.44. The van der Waals surface area contributed by atoms with Crippen LogP contribution in [0.25, 0.3) is 10.9 Å². The fourth-order valence-electron chi connectivity index (χ4n) is 3.43. The molecule has 1 aromatic heterocycles. The number of hydrogen-bond acceptors (Lipinski definition) is 3. The van der Waals surface area contributed by atoms with Gasteiger partial charge in [-0.05, 0) is 66.5 Å². The van der Waals surface area contributed by atoms with Gasteiger partial charge in [0.05, 0.1) is 9.22 Å². The maximum atomic E-state index is 12.8. The normalized spacial score (nSPS) is 20.9. The summed E-state index contributed by atoms with van der Waals surface area (Å²) in [7, 11) is 0. The molecule has 5 nitrogen and oxygen atoms in total. The Morgan fingerprint density at radius 1 is 1.31 bits per heavy atom. The van der Waals surface area contributed by atoms with Crippen LogP contribution in [0, 0.1) is 3.70 Å². The molecule has 0 radical (unpaired) electrons. The van der Waals surface area contributed by atoms with Crippen molar-refractivity contribution in [3.05, 3.63) is 28.0 Å². The molecule has 0 spiro atoms. The van der Waals surface area contributed by atoms with Crippen LogP contribution in [-0.4, -0.2) is 29.0 Å². The van der Waals surface area contributed by atoms with Crippen molar-refractivity contribution in [2.45, 2.75) is 50.6 Å². The summed E-state index contributed by atoms with van der Waals surface area (Å²) < 4.78 is 45.4. The van der Waals surface area contributed by atoms with Gasteiger partial charge >= 0.3 is 12.3 Å². The molecule has 9 heteroatoms. The first kappa shape index (κ1) is 19.1. The fraction of sp³-hybridized carbons (Fsp3) is 0.471. The van der Waals surface area contributed by atoms with Gasteiger partial charge in [0.15, 0.2) is 0 Å². The third kappa shape index (κ3) is 4.54. The van der Waals surface area contributed by atoms with Crippen LogP contribution in [0.15, 0.2) is 24.3 Å². The Morgan fingerprint density at radius 2 is 2.00 bits per heavy atom. The van der Waals surface area contributed by atoms with Gasteiger partial charge in [0.2, 0.25) is 0 Å². The number of fused-ring (bicyclic) bond motifs is 1. The minimum absolute atomic E-state index is 0.157. The average Bonchev–Trinajstić information content (AvgIpc) is 2.84. The molecule has 0 atom stereocenters. The van der Waals surface area contributed by atoms with Gasteiger partial charge in [-0.25, -0.2) is 4.79 Å². The first-order valence-corrected chi connectivity index (χ1v) is 9.38. The number of amides is 1. The number of nitrogens with one attached hydrogen (secondary N) is 1. The van der Waals surface area contributed by atoms with Crippen LogP contribution in [0.3, 0.4) is 0 Å². The molecule has 142 valence electrons. The molecule has 1 aliphatic carbocycles. The number of nitrogens with two attached hydrogens (primary N) is 1. The maximum Gasteiger partial charge on any atom is 0.406 e. The lowest BCUT2D eigenvalue weighted by atomic mass is 9.92. The highest BCUT2D eigenvalue weighted by Gasteiger charge is 2.30. The Hall–Kier alpha value is -1.65. The molecule has 0 saturated heterocycles. The van der Waals surface area contributed by atoms with Gasteiger partial charge in [-0.3, -0.25) is 0 Å². The number of ether oxygens (including phenoxy) is 1. The minimum atomic E-state index is -4.27. The summed E-state index contributed by atoms with van der Waals surface area (Å²) >= 11 is 1.93. The van der Waals surface area contributed by atoms with Gasteiger partial charge in [-0.2, -0.15) is 13.2 Å². The Balaban J connectivity index is 1.75. The van der Waals surface area contributed by atoms with E-state index in [2.05, 4.69) is 5.32 Å². The van der Waals surface area contributed by atoms with E-state index in [0.717, 1.165) is 23.9 Å². The quantitative estimate of drug-likeness (QED) is 0.627. The van der Waals surface area contributed by atoms with Crippen LogP contribution in [0.1, 0.15) is 25.7 Å². The molecule has 0 bridgehead atoms. The van der Waals surface area contributed by atoms with E-state index >= 15 is 0 Å². The van der Waals surface area contributed by atoms with Crippen molar-refractivity contribution in [1.29, 1.82) is 0 Å². The Labute approximate surface area is 162 Å². The van der Waals surface area contributed by atoms with Gasteiger partial charge in [-0.1, -0.05) is 6.07 Å². The summed E-state index contributed by atoms with van der Waals surface area (Å²) in [6, 6.07) is 7.28. The van der Waals surface area contributed by atoms with Gasteiger partial charge < -0.3 is 20.4 Å². The van der Waals surface area contributed by atoms with E-state index in [0.29, 0.717) is 22.1 Å². The van der Waals surface area contributed by atoms with E-state index in [1.807, 2.05) is 28.7 Å². The summed E-state index contributed by atoms with van der Waals surface area (Å²) in [4.78, 5) is 10.8. The van der Waals surface area contributed by atoms with Crippen molar-refractivity contribution in [3.8, 4) is 0 Å². The standard InChI is InChI=1S/C17H19F3IN3O2/c18-17(19,20)9-24-14-3-1-2-13(12(14)8-15(24)21)23-10-4-6-11(7-5-10)26-16(22)25/h1-3,8,10-11,23H,4-7,9H2,(H2,22,25). The maximum absolute atomic E-state index is 12.8. The zero-order chi connectivity index (χ0) is 18.9. The predicted molar refractivity (Wildman–Crippen MR) is 101 cm³/mol. The molecule has 1 fully saturated rings. The van der Waals surface area contributed by atoms with Crippen LogP contribution >= 0.6 is 22.6 Å². The van der Waals surface area contributed by atoms with Crippen LogP contribution in [0.2, 0.25) is 0 Å². The summed E-state index contributed by atoms with van der Waals surface area (Å²) in [5.41, 5.74) is 6.42. The molecular weight excluding hydrogens is 462 g/mol. The van der Waals surface area contributed by atoms with Gasteiger partial charge in [0, 0.05) is 17.1 Å². The van der Waals surface area contributed by atoms with E-state index in [1.54, 1.807) is 18.2 Å². The van der Waals surface area contributed by atoms with Gasteiger partial charge in [-0.15, -0.1) is 0 Å². The first-order valence-electron chi connectivity index (χ1n) is 8.30. The lowest BCUT2D eigenvalue weighted by Gasteiger charge is -2.29. The SMILES string of the molecule is NC(=O)OC1CCC(Nc2cccc3c2cc(I)n3CC(F)(F)F)CC1. The highest BCUT2D eigenvalue weighted by Crippen LogP contribution is 2.32. The number of hydrogen-bond donors (Lipinski definition) is 2. The topological polar surface area (TPSA) is 69.3 Å². The monoisotopic (exact) mass is 481 g/mol. The van der Waals surface area contributed by atoms with Crippen molar-refractivity contribution in [2.75, 3.05) is 5.32 Å². The zero-order valence-corrected chi connectivity index (χ0v) is 16.0. The second kappa shape index (κ2) is 7.53. The van der Waals surface area contributed by atoms with Gasteiger partial charge in [0.25, 0.3) is 0 Å². The lowest BCUT2D eigenvalue weighted by molar-refractivity contribution is -0.140. The van der Waals surface area contributed by atoms with Crippen molar-refractivity contribution >= 4 is 45.3 Å². The number of rotatable bonds is 4. The molecule has 1 saturated carbocycles. The molecule has 1 amide bonds. The van der Waals surface area contributed by atoms with E-state index in [1.165, 1.54) is 4.57 Å². The van der Waals surface area contributed by atoms with Crippen LogP contribution in [0.4, 0.5) is 23.7 Å². The summed E-state index contributed by atoms with van der Waals surface area (Å²) in [5.74, 6) is 0. The molecule has 1 heterocycles. The van der Waals surface area contributed by atoms with Crippen molar-refractivity contribution in [2.24, 2.45) is 5.73 Å². The number of carbonyl (C=O) groups excluding carboxylic acids is 1. The fourth-order valence-corrected chi connectivity index (χ4v) is 4.17. The van der Waals surface area contributed by atoms with Gasteiger partial charge in [0.1, 0.15) is 12.6 Å². The number of carbonyl (C=O) groups is 1. The zero-order valence-electron chi connectivity index (χ0n) is 13.9. The molecule has 3 N–H and O–H groups in total. The number of aromatic nitrogens is 1. The number of anilines is 1. The number of halogens is 4. The van der Waals surface area contributed by atoms with E-state index in [4.69, 9.17) is 10.5 Å². The first-order chi connectivity index (χ1) is 12.2. The number of primary amides is 1. The molecule has 26 heavy (non-hydrogen) atoms. The predicted octanol–water partition coefficient (Wildman–Crippen LogP) is 4.63. The van der Waals surface area contributed by atoms with Crippen molar-refractivity contribution in [3.63, 3.8) is 0 Å². The van der Waals surface area contributed by atoms with Crippen LogP contribution in [0.5, 0.6) is 0 Å². The lowest BCUT2D eigenvalue weighted by Crippen LogP contribution is -2.32. The minimum Gasteiger partial charge on any atom is -0.446 e. The van der Waals surface area contributed by atoms with Crippen LogP contribution in [-0.2, 0) is 11.3 Å². The largest absolute Gasteiger partial charge is 0.446 e. The molecule has 1 aromatic carbocycles. The molecule has 3 rings (SSSR count). The second-order valence-electron chi connectivity index (χ2n) is 6.46. The third-order valence-electron chi connectivity index (χ3n) is 4.55. The molecule has 0 aliphatic heterocycles. The molecule has 0 unspecified atom stereocenters. The number of benzene rings is 1. The summed E-state index contributed by atoms with van der Waals surface area (Å²) in [6.45, 7) is -1.01. The van der Waals surface area contributed by atoms with Crippen molar-refractivity contribution in [1.82, 2.24) is 4.57 Å². The second-order valence-corrected chi connectivity index (χ2v) is 7.57. The average molecular weight is 481 g/mol. The Bertz CT molecular complexity index is 798.